The maximum absolute atomic E-state index is 15.1. The van der Waals surface area contributed by atoms with E-state index in [1.54, 1.807) is 54.6 Å². The Morgan fingerprint density at radius 2 is 1.45 bits per heavy atom. The SMILES string of the molecule is FC(F)(F)[C@@]1(c2ccccc2)OC(c2ccc3ccccc3c2)=Nc2nc3ccccc3n21. The van der Waals surface area contributed by atoms with Crippen LogP contribution >= 0.6 is 0 Å². The van der Waals surface area contributed by atoms with E-state index in [0.717, 1.165) is 15.3 Å². The minimum atomic E-state index is -4.81. The third-order valence-electron chi connectivity index (χ3n) is 5.85. The van der Waals surface area contributed by atoms with Gasteiger partial charge in [-0.05, 0) is 35.0 Å². The number of aromatic nitrogens is 2. The van der Waals surface area contributed by atoms with Gasteiger partial charge in [0.1, 0.15) is 0 Å². The summed E-state index contributed by atoms with van der Waals surface area (Å²) >= 11 is 0. The van der Waals surface area contributed by atoms with Crippen LogP contribution in [0.15, 0.2) is 102 Å². The minimum absolute atomic E-state index is 0.0601. The molecular formula is C26H16F3N3O. The first kappa shape index (κ1) is 19.5. The van der Waals surface area contributed by atoms with Crippen LogP contribution in [0.1, 0.15) is 11.1 Å². The Labute approximate surface area is 186 Å². The average molecular weight is 443 g/mol. The largest absolute Gasteiger partial charge is 0.454 e. The van der Waals surface area contributed by atoms with Gasteiger partial charge in [-0.15, -0.1) is 0 Å². The van der Waals surface area contributed by atoms with Gasteiger partial charge in [0.15, 0.2) is 0 Å². The number of para-hydroxylation sites is 2. The molecule has 1 aliphatic heterocycles. The summed E-state index contributed by atoms with van der Waals surface area (Å²) in [5.41, 5.74) is -1.76. The molecular weight excluding hydrogens is 427 g/mol. The number of fused-ring (bicyclic) bond motifs is 4. The second kappa shape index (κ2) is 6.93. The van der Waals surface area contributed by atoms with Crippen molar-refractivity contribution in [1.29, 1.82) is 0 Å². The Bertz CT molecular complexity index is 1540. The van der Waals surface area contributed by atoms with E-state index >= 15 is 13.2 Å². The predicted octanol–water partition coefficient (Wildman–Crippen LogP) is 6.56. The molecule has 5 aromatic rings. The number of halogens is 3. The fraction of sp³-hybridized carbons (Fsp3) is 0.0769. The molecule has 1 aliphatic rings. The molecule has 0 aliphatic carbocycles. The van der Waals surface area contributed by atoms with E-state index in [9.17, 15) is 0 Å². The summed E-state index contributed by atoms with van der Waals surface area (Å²) < 4.78 is 52.2. The van der Waals surface area contributed by atoms with Crippen LogP contribution in [-0.2, 0) is 10.5 Å². The molecule has 0 saturated carbocycles. The highest BCUT2D eigenvalue weighted by atomic mass is 19.4. The van der Waals surface area contributed by atoms with Crippen LogP contribution in [0.5, 0.6) is 0 Å². The van der Waals surface area contributed by atoms with E-state index < -0.39 is 11.9 Å². The highest BCUT2D eigenvalue weighted by Crippen LogP contribution is 2.49. The lowest BCUT2D eigenvalue weighted by atomic mass is 9.99. The van der Waals surface area contributed by atoms with Crippen LogP contribution in [0.3, 0.4) is 0 Å². The van der Waals surface area contributed by atoms with Crippen molar-refractivity contribution in [2.75, 3.05) is 0 Å². The zero-order chi connectivity index (χ0) is 22.6. The van der Waals surface area contributed by atoms with Crippen molar-refractivity contribution in [3.05, 3.63) is 108 Å². The minimum Gasteiger partial charge on any atom is -0.436 e. The van der Waals surface area contributed by atoms with Crippen molar-refractivity contribution in [1.82, 2.24) is 9.55 Å². The van der Waals surface area contributed by atoms with Gasteiger partial charge in [0.25, 0.3) is 0 Å². The quantitative estimate of drug-likeness (QED) is 0.310. The lowest BCUT2D eigenvalue weighted by Crippen LogP contribution is -2.53. The Balaban J connectivity index is 1.68. The molecule has 0 N–H and O–H groups in total. The average Bonchev–Trinajstić information content (AvgIpc) is 3.22. The van der Waals surface area contributed by atoms with Gasteiger partial charge in [0.2, 0.25) is 11.8 Å². The zero-order valence-electron chi connectivity index (χ0n) is 17.1. The second-order valence-electron chi connectivity index (χ2n) is 7.82. The fourth-order valence-corrected chi connectivity index (χ4v) is 4.34. The summed E-state index contributed by atoms with van der Waals surface area (Å²) in [7, 11) is 0. The van der Waals surface area contributed by atoms with Crippen molar-refractivity contribution in [2.45, 2.75) is 11.9 Å². The van der Waals surface area contributed by atoms with Crippen molar-refractivity contribution >= 4 is 33.7 Å². The first-order valence-electron chi connectivity index (χ1n) is 10.3. The summed E-state index contributed by atoms with van der Waals surface area (Å²) in [4.78, 5) is 8.86. The van der Waals surface area contributed by atoms with E-state index in [0.29, 0.717) is 11.1 Å². The summed E-state index contributed by atoms with van der Waals surface area (Å²) in [6.07, 6.45) is -4.81. The van der Waals surface area contributed by atoms with Crippen molar-refractivity contribution < 1.29 is 17.9 Å². The molecule has 0 fully saturated rings. The van der Waals surface area contributed by atoms with Crippen molar-refractivity contribution in [3.8, 4) is 0 Å². The van der Waals surface area contributed by atoms with Crippen LogP contribution in [-0.4, -0.2) is 21.6 Å². The lowest BCUT2D eigenvalue weighted by molar-refractivity contribution is -0.271. The molecule has 0 radical (unpaired) electrons. The van der Waals surface area contributed by atoms with E-state index in [2.05, 4.69) is 9.98 Å². The molecule has 2 heterocycles. The molecule has 1 atom stereocenters. The third-order valence-corrected chi connectivity index (χ3v) is 5.85. The fourth-order valence-electron chi connectivity index (χ4n) is 4.34. The number of hydrogen-bond donors (Lipinski definition) is 0. The third kappa shape index (κ3) is 2.85. The highest BCUT2D eigenvalue weighted by molar-refractivity contribution is 6.01. The summed E-state index contributed by atoms with van der Waals surface area (Å²) in [5.74, 6) is -0.198. The number of benzene rings is 4. The number of ether oxygens (including phenoxy) is 1. The van der Waals surface area contributed by atoms with Gasteiger partial charge in [0.05, 0.1) is 11.0 Å². The maximum atomic E-state index is 15.1. The number of aliphatic imine (C=N–C) groups is 1. The molecule has 4 nitrogen and oxygen atoms in total. The molecule has 0 bridgehead atoms. The summed E-state index contributed by atoms with van der Waals surface area (Å²) in [6, 6.07) is 27.2. The molecule has 6 rings (SSSR count). The first-order chi connectivity index (χ1) is 16.0. The Kier molecular flexibility index (Phi) is 4.11. The van der Waals surface area contributed by atoms with Crippen LogP contribution in [0.25, 0.3) is 21.8 Å². The van der Waals surface area contributed by atoms with Gasteiger partial charge in [0, 0.05) is 11.1 Å². The Morgan fingerprint density at radius 3 is 2.24 bits per heavy atom. The summed E-state index contributed by atoms with van der Waals surface area (Å²) in [5, 5.41) is 1.84. The van der Waals surface area contributed by atoms with Crippen LogP contribution in [0.4, 0.5) is 19.1 Å². The smallest absolute Gasteiger partial charge is 0.436 e. The first-order valence-corrected chi connectivity index (χ1v) is 10.3. The topological polar surface area (TPSA) is 39.4 Å². The molecule has 4 aromatic carbocycles. The predicted molar refractivity (Wildman–Crippen MR) is 121 cm³/mol. The molecule has 33 heavy (non-hydrogen) atoms. The maximum Gasteiger partial charge on any atom is 0.454 e. The monoisotopic (exact) mass is 443 g/mol. The van der Waals surface area contributed by atoms with Crippen LogP contribution in [0.2, 0.25) is 0 Å². The van der Waals surface area contributed by atoms with Gasteiger partial charge in [-0.1, -0.05) is 72.8 Å². The number of nitrogens with zero attached hydrogens (tertiary/aromatic N) is 3. The molecule has 0 unspecified atom stereocenters. The summed E-state index contributed by atoms with van der Waals surface area (Å²) in [6.45, 7) is 0. The second-order valence-corrected chi connectivity index (χ2v) is 7.82. The van der Waals surface area contributed by atoms with Gasteiger partial charge in [-0.2, -0.15) is 18.2 Å². The Hall–Kier alpha value is -4.13. The van der Waals surface area contributed by atoms with E-state index in [4.69, 9.17) is 4.74 Å². The number of alkyl halides is 3. The van der Waals surface area contributed by atoms with Crippen molar-refractivity contribution in [3.63, 3.8) is 0 Å². The van der Waals surface area contributed by atoms with Crippen LogP contribution in [0, 0.1) is 0 Å². The van der Waals surface area contributed by atoms with Gasteiger partial charge in [-0.3, -0.25) is 4.57 Å². The molecule has 7 heteroatoms. The molecule has 162 valence electrons. The van der Waals surface area contributed by atoms with E-state index in [-0.39, 0.29) is 22.9 Å². The standard InChI is InChI=1S/C26H16F3N3O/c27-26(28,29)25(20-10-2-1-3-11-20)32-22-13-7-6-12-21(22)30-24(32)31-23(33-25)19-15-14-17-8-4-5-9-18(17)16-19/h1-16H/t25-/m1/s1. The molecule has 0 saturated heterocycles. The normalized spacial score (nSPS) is 18.1. The number of hydrogen-bond acceptors (Lipinski definition) is 3. The molecule has 0 amide bonds. The number of imidazole rings is 1. The molecule has 0 spiro atoms. The van der Waals surface area contributed by atoms with E-state index in [1.807, 2.05) is 30.3 Å². The van der Waals surface area contributed by atoms with Gasteiger partial charge >= 0.3 is 11.9 Å². The Morgan fingerprint density at radius 1 is 0.758 bits per heavy atom. The van der Waals surface area contributed by atoms with Gasteiger partial charge in [-0.25, -0.2) is 4.98 Å². The highest BCUT2D eigenvalue weighted by Gasteiger charge is 2.63. The van der Waals surface area contributed by atoms with E-state index in [1.165, 1.54) is 12.1 Å². The number of rotatable bonds is 2. The zero-order valence-corrected chi connectivity index (χ0v) is 17.1. The van der Waals surface area contributed by atoms with Gasteiger partial charge < -0.3 is 4.74 Å². The van der Waals surface area contributed by atoms with Crippen LogP contribution < -0.4 is 0 Å². The van der Waals surface area contributed by atoms with Crippen molar-refractivity contribution in [2.24, 2.45) is 4.99 Å². The lowest BCUT2D eigenvalue weighted by Gasteiger charge is -2.40. The molecule has 1 aromatic heterocycles.